The average Bonchev–Trinajstić information content (AvgIpc) is 3.18. The summed E-state index contributed by atoms with van der Waals surface area (Å²) in [6, 6.07) is 15.3. The Morgan fingerprint density at radius 2 is 1.93 bits per heavy atom. The smallest absolute Gasteiger partial charge is 0.174 e. The molecule has 1 saturated carbocycles. The molecule has 1 aliphatic carbocycles. The van der Waals surface area contributed by atoms with Gasteiger partial charge in [0.15, 0.2) is 11.6 Å². The van der Waals surface area contributed by atoms with Crippen molar-refractivity contribution in [2.45, 2.75) is 44.1 Å². The van der Waals surface area contributed by atoms with E-state index in [1.165, 1.54) is 50.8 Å². The summed E-state index contributed by atoms with van der Waals surface area (Å²) in [5, 5.41) is 8.85. The zero-order valence-electron chi connectivity index (χ0n) is 17.1. The number of hydrogen-bond donors (Lipinski definition) is 3. The Hall–Kier alpha value is -2.90. The lowest BCUT2D eigenvalue weighted by Crippen LogP contribution is -2.44. The van der Waals surface area contributed by atoms with Crippen LogP contribution < -0.4 is 17.1 Å². The SMILES string of the molecule is N/N=C(\NN)c1ccc2noc(-c3cccc(C4CCN(C5CCC5)CC4)c3)c2c1. The van der Waals surface area contributed by atoms with Crippen LogP contribution in [0.3, 0.4) is 0 Å². The van der Waals surface area contributed by atoms with Gasteiger partial charge in [0.25, 0.3) is 0 Å². The van der Waals surface area contributed by atoms with Crippen LogP contribution in [0.15, 0.2) is 52.1 Å². The summed E-state index contributed by atoms with van der Waals surface area (Å²) in [5.41, 5.74) is 6.53. The quantitative estimate of drug-likeness (QED) is 0.267. The molecule has 0 spiro atoms. The monoisotopic (exact) mass is 404 g/mol. The van der Waals surface area contributed by atoms with Crippen molar-refractivity contribution in [3.8, 4) is 11.3 Å². The summed E-state index contributed by atoms with van der Waals surface area (Å²) in [6.07, 6.45) is 6.62. The van der Waals surface area contributed by atoms with Crippen molar-refractivity contribution in [1.82, 2.24) is 15.5 Å². The number of aromatic nitrogens is 1. The number of likely N-dealkylation sites (tertiary alicyclic amines) is 1. The standard InChI is InChI=1S/C23H28N6O/c24-26-23(27-25)18-7-8-21-20(14-18)22(30-28-21)17-4-1-3-16(13-17)15-9-11-29(12-10-15)19-5-2-6-19/h1,3-4,7-8,13-15,19H,2,5-6,9-12,24-25H2,(H,26,27). The maximum atomic E-state index is 5.74. The molecule has 0 atom stereocenters. The molecular weight excluding hydrogens is 376 g/mol. The third kappa shape index (κ3) is 3.44. The van der Waals surface area contributed by atoms with Gasteiger partial charge in [-0.15, -0.1) is 0 Å². The summed E-state index contributed by atoms with van der Waals surface area (Å²) >= 11 is 0. The number of piperidine rings is 1. The van der Waals surface area contributed by atoms with Crippen LogP contribution in [0.4, 0.5) is 0 Å². The fourth-order valence-corrected chi connectivity index (χ4v) is 4.78. The Kier molecular flexibility index (Phi) is 5.14. The van der Waals surface area contributed by atoms with Crippen molar-refractivity contribution in [2.24, 2.45) is 16.8 Å². The summed E-state index contributed by atoms with van der Waals surface area (Å²) in [7, 11) is 0. The van der Waals surface area contributed by atoms with Crippen molar-refractivity contribution in [3.63, 3.8) is 0 Å². The molecule has 0 unspecified atom stereocenters. The molecule has 5 rings (SSSR count). The maximum Gasteiger partial charge on any atom is 0.174 e. The predicted octanol–water partition coefficient (Wildman–Crippen LogP) is 3.31. The summed E-state index contributed by atoms with van der Waals surface area (Å²) in [6.45, 7) is 2.42. The molecule has 7 heteroatoms. The maximum absolute atomic E-state index is 5.74. The number of hydrazine groups is 1. The molecule has 2 aromatic carbocycles. The number of hydrogen-bond acceptors (Lipinski definition) is 6. The molecule has 0 radical (unpaired) electrons. The van der Waals surface area contributed by atoms with E-state index in [-0.39, 0.29) is 0 Å². The van der Waals surface area contributed by atoms with Gasteiger partial charge in [0.05, 0.1) is 5.39 Å². The summed E-state index contributed by atoms with van der Waals surface area (Å²) < 4.78 is 5.74. The van der Waals surface area contributed by atoms with Gasteiger partial charge in [-0.3, -0.25) is 0 Å². The highest BCUT2D eigenvalue weighted by atomic mass is 16.5. The third-order valence-electron chi connectivity index (χ3n) is 6.76. The number of nitrogens with one attached hydrogen (secondary N) is 1. The van der Waals surface area contributed by atoms with Gasteiger partial charge >= 0.3 is 0 Å². The lowest BCUT2D eigenvalue weighted by Gasteiger charge is -2.42. The fraction of sp³-hybridized carbons (Fsp3) is 0.391. The van der Waals surface area contributed by atoms with Crippen LogP contribution in [0.2, 0.25) is 0 Å². The van der Waals surface area contributed by atoms with E-state index >= 15 is 0 Å². The van der Waals surface area contributed by atoms with Crippen LogP contribution in [-0.2, 0) is 0 Å². The number of rotatable bonds is 4. The van der Waals surface area contributed by atoms with E-state index in [1.54, 1.807) is 0 Å². The minimum atomic E-state index is 0.413. The number of benzene rings is 2. The number of nitrogens with two attached hydrogens (primary N) is 2. The summed E-state index contributed by atoms with van der Waals surface area (Å²) in [4.78, 5) is 2.69. The molecule has 1 aliphatic heterocycles. The van der Waals surface area contributed by atoms with Crippen molar-refractivity contribution in [3.05, 3.63) is 53.6 Å². The second-order valence-electron chi connectivity index (χ2n) is 8.39. The van der Waals surface area contributed by atoms with E-state index in [4.69, 9.17) is 16.2 Å². The van der Waals surface area contributed by atoms with Gasteiger partial charge in [-0.05, 0) is 74.5 Å². The van der Waals surface area contributed by atoms with Gasteiger partial charge in [0.2, 0.25) is 0 Å². The molecule has 1 saturated heterocycles. The first-order valence-corrected chi connectivity index (χ1v) is 10.8. The normalized spacial score (nSPS) is 19.2. The number of nitrogens with zero attached hydrogens (tertiary/aromatic N) is 3. The van der Waals surface area contributed by atoms with Gasteiger partial charge in [-0.2, -0.15) is 5.10 Å². The first-order valence-electron chi connectivity index (χ1n) is 10.8. The van der Waals surface area contributed by atoms with Gasteiger partial charge in [-0.25, -0.2) is 5.84 Å². The zero-order chi connectivity index (χ0) is 20.5. The highest BCUT2D eigenvalue weighted by molar-refractivity contribution is 6.03. The molecule has 30 heavy (non-hydrogen) atoms. The van der Waals surface area contributed by atoms with Crippen molar-refractivity contribution < 1.29 is 4.52 Å². The van der Waals surface area contributed by atoms with Gasteiger partial charge < -0.3 is 20.7 Å². The van der Waals surface area contributed by atoms with Gasteiger partial charge in [-0.1, -0.05) is 29.8 Å². The van der Waals surface area contributed by atoms with Crippen LogP contribution in [0, 0.1) is 0 Å². The molecule has 2 aliphatic rings. The van der Waals surface area contributed by atoms with Crippen LogP contribution in [0.5, 0.6) is 0 Å². The minimum Gasteiger partial charge on any atom is -0.355 e. The van der Waals surface area contributed by atoms with E-state index < -0.39 is 0 Å². The molecule has 2 heterocycles. The van der Waals surface area contributed by atoms with Crippen LogP contribution in [-0.4, -0.2) is 35.0 Å². The first-order chi connectivity index (χ1) is 14.8. The molecule has 5 N–H and O–H groups in total. The predicted molar refractivity (Wildman–Crippen MR) is 119 cm³/mol. The molecule has 3 aromatic rings. The molecular formula is C23H28N6O. The van der Waals surface area contributed by atoms with Crippen LogP contribution in [0.25, 0.3) is 22.2 Å². The lowest BCUT2D eigenvalue weighted by atomic mass is 9.85. The van der Waals surface area contributed by atoms with Crippen molar-refractivity contribution in [1.29, 1.82) is 0 Å². The zero-order valence-corrected chi connectivity index (χ0v) is 17.1. The molecule has 2 fully saturated rings. The Labute approximate surface area is 176 Å². The number of amidine groups is 1. The highest BCUT2D eigenvalue weighted by Crippen LogP contribution is 2.36. The average molecular weight is 405 g/mol. The molecule has 0 bridgehead atoms. The third-order valence-corrected chi connectivity index (χ3v) is 6.76. The fourth-order valence-electron chi connectivity index (χ4n) is 4.78. The van der Waals surface area contributed by atoms with E-state index in [0.29, 0.717) is 11.8 Å². The topological polar surface area (TPSA) is 106 Å². The van der Waals surface area contributed by atoms with Gasteiger partial charge in [0, 0.05) is 17.2 Å². The number of fused-ring (bicyclic) bond motifs is 1. The van der Waals surface area contributed by atoms with E-state index in [9.17, 15) is 0 Å². The molecule has 1 aromatic heterocycles. The Bertz CT molecular complexity index is 1060. The first kappa shape index (κ1) is 19.1. The van der Waals surface area contributed by atoms with E-state index in [2.05, 4.69) is 44.8 Å². The van der Waals surface area contributed by atoms with Crippen molar-refractivity contribution >= 4 is 16.7 Å². The van der Waals surface area contributed by atoms with E-state index in [0.717, 1.165) is 33.8 Å². The second kappa shape index (κ2) is 8.08. The highest BCUT2D eigenvalue weighted by Gasteiger charge is 2.29. The molecule has 0 amide bonds. The van der Waals surface area contributed by atoms with Gasteiger partial charge in [0.1, 0.15) is 5.52 Å². The summed E-state index contributed by atoms with van der Waals surface area (Å²) in [5.74, 6) is 12.7. The van der Waals surface area contributed by atoms with Crippen LogP contribution in [0.1, 0.15) is 49.1 Å². The number of hydrazone groups is 1. The molecule has 7 nitrogen and oxygen atoms in total. The lowest BCUT2D eigenvalue weighted by molar-refractivity contribution is 0.0975. The van der Waals surface area contributed by atoms with E-state index in [1.807, 2.05) is 18.2 Å². The Balaban J connectivity index is 1.41. The Morgan fingerprint density at radius 1 is 1.10 bits per heavy atom. The second-order valence-corrected chi connectivity index (χ2v) is 8.39. The Morgan fingerprint density at radius 3 is 2.63 bits per heavy atom. The minimum absolute atomic E-state index is 0.413. The largest absolute Gasteiger partial charge is 0.355 e. The van der Waals surface area contributed by atoms with Crippen molar-refractivity contribution in [2.75, 3.05) is 13.1 Å². The van der Waals surface area contributed by atoms with Crippen LogP contribution >= 0.6 is 0 Å². The molecule has 156 valence electrons.